The van der Waals surface area contributed by atoms with Crippen molar-refractivity contribution in [2.24, 2.45) is 0 Å². The van der Waals surface area contributed by atoms with Gasteiger partial charge in [-0.2, -0.15) is 0 Å². The van der Waals surface area contributed by atoms with Gasteiger partial charge in [-0.15, -0.1) is 0 Å². The largest absolute Gasteiger partial charge is 0.378 e. The number of benzene rings is 2. The zero-order chi connectivity index (χ0) is 16.5. The van der Waals surface area contributed by atoms with Crippen LogP contribution in [0.1, 0.15) is 12.0 Å². The van der Waals surface area contributed by atoms with E-state index in [0.29, 0.717) is 31.6 Å². The zero-order valence-electron chi connectivity index (χ0n) is 12.7. The number of hydrogen-bond acceptors (Lipinski definition) is 4. The van der Waals surface area contributed by atoms with Crippen molar-refractivity contribution < 1.29 is 9.72 Å². The Morgan fingerprint density at radius 2 is 1.70 bits per heavy atom. The molecule has 2 aromatic carbocycles. The van der Waals surface area contributed by atoms with Crippen molar-refractivity contribution in [2.75, 3.05) is 18.4 Å². The van der Waals surface area contributed by atoms with E-state index >= 15 is 0 Å². The average Bonchev–Trinajstić information content (AvgIpc) is 2.58. The van der Waals surface area contributed by atoms with Crippen molar-refractivity contribution in [3.63, 3.8) is 0 Å². The van der Waals surface area contributed by atoms with Crippen LogP contribution in [0.15, 0.2) is 54.6 Å². The number of carbonyl (C=O) groups excluding carboxylic acids is 1. The van der Waals surface area contributed by atoms with E-state index in [-0.39, 0.29) is 11.6 Å². The lowest BCUT2D eigenvalue weighted by atomic mass is 10.1. The molecule has 0 aliphatic heterocycles. The number of rotatable bonds is 8. The Labute approximate surface area is 134 Å². The molecule has 1 amide bonds. The molecule has 0 aliphatic rings. The molecule has 23 heavy (non-hydrogen) atoms. The lowest BCUT2D eigenvalue weighted by molar-refractivity contribution is -0.384. The van der Waals surface area contributed by atoms with E-state index in [1.54, 1.807) is 18.2 Å². The summed E-state index contributed by atoms with van der Waals surface area (Å²) in [6, 6.07) is 16.3. The van der Waals surface area contributed by atoms with E-state index in [1.165, 1.54) is 6.07 Å². The topological polar surface area (TPSA) is 84.3 Å². The normalized spacial score (nSPS) is 10.1. The van der Waals surface area contributed by atoms with Crippen LogP contribution in [-0.2, 0) is 11.2 Å². The summed E-state index contributed by atoms with van der Waals surface area (Å²) in [4.78, 5) is 22.2. The van der Waals surface area contributed by atoms with E-state index < -0.39 is 4.92 Å². The van der Waals surface area contributed by atoms with Crippen LogP contribution >= 0.6 is 0 Å². The number of hydrogen-bond donors (Lipinski definition) is 2. The monoisotopic (exact) mass is 313 g/mol. The maximum Gasteiger partial charge on any atom is 0.292 e. The highest BCUT2D eigenvalue weighted by molar-refractivity contribution is 5.76. The first-order chi connectivity index (χ1) is 11.2. The van der Waals surface area contributed by atoms with Gasteiger partial charge in [0, 0.05) is 25.6 Å². The van der Waals surface area contributed by atoms with Gasteiger partial charge in [0.05, 0.1) is 4.92 Å². The van der Waals surface area contributed by atoms with Gasteiger partial charge < -0.3 is 10.6 Å². The van der Waals surface area contributed by atoms with Crippen molar-refractivity contribution in [1.82, 2.24) is 5.32 Å². The molecular weight excluding hydrogens is 294 g/mol. The Balaban J connectivity index is 1.69. The maximum atomic E-state index is 11.8. The Bertz CT molecular complexity index is 659. The average molecular weight is 313 g/mol. The molecule has 0 fully saturated rings. The number of carbonyl (C=O) groups is 1. The molecule has 2 N–H and O–H groups in total. The van der Waals surface area contributed by atoms with Crippen LogP contribution in [0, 0.1) is 10.1 Å². The Hall–Kier alpha value is -2.89. The highest BCUT2D eigenvalue weighted by atomic mass is 16.6. The number of nitro groups is 1. The molecule has 0 radical (unpaired) electrons. The summed E-state index contributed by atoms with van der Waals surface area (Å²) in [5.74, 6) is -0.0294. The third kappa shape index (κ3) is 5.43. The van der Waals surface area contributed by atoms with Crippen molar-refractivity contribution in [2.45, 2.75) is 12.8 Å². The second-order valence-electron chi connectivity index (χ2n) is 5.04. The number of nitro benzene ring substituents is 1. The summed E-state index contributed by atoms with van der Waals surface area (Å²) >= 11 is 0. The fraction of sp³-hybridized carbons (Fsp3) is 0.235. The van der Waals surface area contributed by atoms with Gasteiger partial charge in [-0.05, 0) is 18.1 Å². The SMILES string of the molecule is O=C(CCc1ccccc1)NCCNc1ccccc1[N+](=O)[O-]. The van der Waals surface area contributed by atoms with E-state index in [2.05, 4.69) is 10.6 Å². The number of aryl methyl sites for hydroxylation is 1. The minimum atomic E-state index is -0.430. The summed E-state index contributed by atoms with van der Waals surface area (Å²) < 4.78 is 0. The molecule has 0 bridgehead atoms. The number of nitrogens with one attached hydrogen (secondary N) is 2. The number of anilines is 1. The molecule has 0 saturated heterocycles. The van der Waals surface area contributed by atoms with Gasteiger partial charge in [0.15, 0.2) is 0 Å². The molecule has 6 nitrogen and oxygen atoms in total. The van der Waals surface area contributed by atoms with Crippen LogP contribution in [0.2, 0.25) is 0 Å². The van der Waals surface area contributed by atoms with Crippen LogP contribution < -0.4 is 10.6 Å². The molecule has 0 heterocycles. The van der Waals surface area contributed by atoms with Crippen LogP contribution in [0.4, 0.5) is 11.4 Å². The van der Waals surface area contributed by atoms with Crippen LogP contribution in [0.25, 0.3) is 0 Å². The van der Waals surface area contributed by atoms with Crippen LogP contribution in [0.5, 0.6) is 0 Å². The van der Waals surface area contributed by atoms with Crippen molar-refractivity contribution in [3.8, 4) is 0 Å². The quantitative estimate of drug-likeness (QED) is 0.446. The molecule has 0 atom stereocenters. The molecule has 6 heteroatoms. The molecule has 120 valence electrons. The van der Waals surface area contributed by atoms with Crippen LogP contribution in [0.3, 0.4) is 0 Å². The molecule has 0 aromatic heterocycles. The molecule has 0 aliphatic carbocycles. The number of amides is 1. The van der Waals surface area contributed by atoms with Crippen LogP contribution in [-0.4, -0.2) is 23.9 Å². The van der Waals surface area contributed by atoms with Gasteiger partial charge in [-0.3, -0.25) is 14.9 Å². The van der Waals surface area contributed by atoms with Gasteiger partial charge in [0.1, 0.15) is 5.69 Å². The van der Waals surface area contributed by atoms with E-state index in [4.69, 9.17) is 0 Å². The lowest BCUT2D eigenvalue weighted by Crippen LogP contribution is -2.29. The minimum absolute atomic E-state index is 0.0294. The highest BCUT2D eigenvalue weighted by Crippen LogP contribution is 2.22. The van der Waals surface area contributed by atoms with E-state index in [9.17, 15) is 14.9 Å². The van der Waals surface area contributed by atoms with Gasteiger partial charge in [0.25, 0.3) is 5.69 Å². The first-order valence-electron chi connectivity index (χ1n) is 7.45. The molecule has 2 aromatic rings. The zero-order valence-corrected chi connectivity index (χ0v) is 12.7. The Kier molecular flexibility index (Phi) is 6.11. The number of para-hydroxylation sites is 2. The van der Waals surface area contributed by atoms with Crippen molar-refractivity contribution >= 4 is 17.3 Å². The fourth-order valence-electron chi connectivity index (χ4n) is 2.17. The predicted molar refractivity (Wildman–Crippen MR) is 89.4 cm³/mol. The first kappa shape index (κ1) is 16.5. The van der Waals surface area contributed by atoms with E-state index in [1.807, 2.05) is 30.3 Å². The molecule has 0 spiro atoms. The Morgan fingerprint density at radius 1 is 1.00 bits per heavy atom. The second kappa shape index (κ2) is 8.53. The predicted octanol–water partition coefficient (Wildman–Crippen LogP) is 2.76. The molecule has 0 unspecified atom stereocenters. The van der Waals surface area contributed by atoms with Gasteiger partial charge in [-0.1, -0.05) is 42.5 Å². The van der Waals surface area contributed by atoms with Gasteiger partial charge >= 0.3 is 0 Å². The minimum Gasteiger partial charge on any atom is -0.378 e. The highest BCUT2D eigenvalue weighted by Gasteiger charge is 2.11. The standard InChI is InChI=1S/C17H19N3O3/c21-17(11-10-14-6-2-1-3-7-14)19-13-12-18-15-8-4-5-9-16(15)20(22)23/h1-9,18H,10-13H2,(H,19,21). The summed E-state index contributed by atoms with van der Waals surface area (Å²) in [6.45, 7) is 0.849. The molecule has 0 saturated carbocycles. The summed E-state index contributed by atoms with van der Waals surface area (Å²) in [5.41, 5.74) is 1.61. The molecule has 2 rings (SSSR count). The Morgan fingerprint density at radius 3 is 2.43 bits per heavy atom. The van der Waals surface area contributed by atoms with Crippen molar-refractivity contribution in [1.29, 1.82) is 0 Å². The van der Waals surface area contributed by atoms with Crippen molar-refractivity contribution in [3.05, 3.63) is 70.3 Å². The van der Waals surface area contributed by atoms with E-state index in [0.717, 1.165) is 5.56 Å². The first-order valence-corrected chi connectivity index (χ1v) is 7.45. The van der Waals surface area contributed by atoms with Gasteiger partial charge in [0.2, 0.25) is 5.91 Å². The maximum absolute atomic E-state index is 11.8. The summed E-state index contributed by atoms with van der Waals surface area (Å²) in [6.07, 6.45) is 1.12. The number of nitrogens with zero attached hydrogens (tertiary/aromatic N) is 1. The second-order valence-corrected chi connectivity index (χ2v) is 5.04. The third-order valence-corrected chi connectivity index (χ3v) is 3.35. The summed E-state index contributed by atoms with van der Waals surface area (Å²) in [7, 11) is 0. The third-order valence-electron chi connectivity index (χ3n) is 3.35. The lowest BCUT2D eigenvalue weighted by Gasteiger charge is -2.08. The fourth-order valence-corrected chi connectivity index (χ4v) is 2.17. The van der Waals surface area contributed by atoms with Gasteiger partial charge in [-0.25, -0.2) is 0 Å². The molecular formula is C17H19N3O3. The summed E-state index contributed by atoms with van der Waals surface area (Å²) in [5, 5.41) is 16.6. The smallest absolute Gasteiger partial charge is 0.292 e.